The van der Waals surface area contributed by atoms with Gasteiger partial charge >= 0.3 is 0 Å². The molecule has 2 aromatic rings. The lowest BCUT2D eigenvalue weighted by Gasteiger charge is -2.21. The van der Waals surface area contributed by atoms with Gasteiger partial charge in [0.05, 0.1) is 6.10 Å². The van der Waals surface area contributed by atoms with E-state index in [4.69, 9.17) is 0 Å². The van der Waals surface area contributed by atoms with Gasteiger partial charge in [-0.3, -0.25) is 4.79 Å². The molecule has 0 aliphatic carbocycles. The Hall–Kier alpha value is -1.99. The van der Waals surface area contributed by atoms with Crippen LogP contribution >= 0.6 is 0 Å². The van der Waals surface area contributed by atoms with Crippen LogP contribution in [0.5, 0.6) is 0 Å². The minimum Gasteiger partial charge on any atom is -0.390 e. The molecule has 1 aromatic carbocycles. The topological polar surface area (TPSA) is 74.5 Å². The van der Waals surface area contributed by atoms with Crippen LogP contribution in [0.4, 0.5) is 0 Å². The number of fused-ring (bicyclic) bond motifs is 1. The van der Waals surface area contributed by atoms with Crippen molar-refractivity contribution >= 4 is 16.9 Å². The summed E-state index contributed by atoms with van der Waals surface area (Å²) in [6, 6.07) is 7.52. The van der Waals surface area contributed by atoms with Crippen LogP contribution in [0.1, 0.15) is 0 Å². The molecule has 3 rings (SSSR count). The van der Waals surface area contributed by atoms with Gasteiger partial charge in [0.1, 0.15) is 17.6 Å². The van der Waals surface area contributed by atoms with E-state index in [0.717, 1.165) is 17.6 Å². The molecule has 0 radical (unpaired) electrons. The maximum atomic E-state index is 12.3. The number of amides is 1. The molecule has 0 bridgehead atoms. The molecule has 1 aliphatic rings. The molecule has 1 N–H and O–H groups in total. The predicted molar refractivity (Wildman–Crippen MR) is 77.6 cm³/mol. The number of nitrogens with zero attached hydrogens (tertiary/aromatic N) is 5. The molecule has 0 spiro atoms. The molecule has 112 valence electrons. The Balaban J connectivity index is 1.70. The number of aromatic nitrogens is 3. The van der Waals surface area contributed by atoms with Gasteiger partial charge in [0.25, 0.3) is 0 Å². The third kappa shape index (κ3) is 3.20. The lowest BCUT2D eigenvalue weighted by molar-refractivity contribution is -0.133. The van der Waals surface area contributed by atoms with Gasteiger partial charge in [-0.2, -0.15) is 15.0 Å². The fourth-order valence-electron chi connectivity index (χ4n) is 2.57. The molecule has 0 saturated carbocycles. The van der Waals surface area contributed by atoms with E-state index in [-0.39, 0.29) is 12.5 Å². The predicted octanol–water partition coefficient (Wildman–Crippen LogP) is -0.434. The zero-order valence-electron chi connectivity index (χ0n) is 12.0. The number of β-amino-alcohol motifs (C(OH)–C–C–N with tert-alkyl or cyclic N) is 1. The molecule has 1 aliphatic heterocycles. The minimum absolute atomic E-state index is 0.0651. The first-order valence-corrected chi connectivity index (χ1v) is 7.06. The average molecular weight is 289 g/mol. The Morgan fingerprint density at radius 1 is 1.24 bits per heavy atom. The molecule has 2 heterocycles. The summed E-state index contributed by atoms with van der Waals surface area (Å²) >= 11 is 0. The maximum Gasteiger partial charge on any atom is 0.246 e. The van der Waals surface area contributed by atoms with E-state index in [9.17, 15) is 9.90 Å². The van der Waals surface area contributed by atoms with Crippen molar-refractivity contribution in [3.8, 4) is 0 Å². The van der Waals surface area contributed by atoms with Crippen molar-refractivity contribution < 1.29 is 9.90 Å². The van der Waals surface area contributed by atoms with Crippen molar-refractivity contribution in [1.82, 2.24) is 24.8 Å². The van der Waals surface area contributed by atoms with E-state index in [2.05, 4.69) is 10.2 Å². The summed E-state index contributed by atoms with van der Waals surface area (Å²) in [6.45, 7) is 2.44. The summed E-state index contributed by atoms with van der Waals surface area (Å²) in [7, 11) is 1.94. The van der Waals surface area contributed by atoms with Crippen LogP contribution in [-0.4, -0.2) is 75.1 Å². The molecule has 21 heavy (non-hydrogen) atoms. The SMILES string of the molecule is CN1CCN(C(=O)Cn2nc3ccccc3n2)CC(O)C1. The van der Waals surface area contributed by atoms with Crippen LogP contribution in [-0.2, 0) is 11.3 Å². The van der Waals surface area contributed by atoms with Crippen LogP contribution in [0.25, 0.3) is 11.0 Å². The van der Waals surface area contributed by atoms with Gasteiger partial charge < -0.3 is 14.9 Å². The molecule has 1 saturated heterocycles. The van der Waals surface area contributed by atoms with Crippen molar-refractivity contribution in [2.75, 3.05) is 33.2 Å². The molecule has 7 heteroatoms. The van der Waals surface area contributed by atoms with Gasteiger partial charge in [0, 0.05) is 26.2 Å². The quantitative estimate of drug-likeness (QED) is 0.812. The van der Waals surface area contributed by atoms with Crippen molar-refractivity contribution in [1.29, 1.82) is 0 Å². The fourth-order valence-corrected chi connectivity index (χ4v) is 2.57. The van der Waals surface area contributed by atoms with E-state index in [0.29, 0.717) is 19.6 Å². The molecule has 1 amide bonds. The molecule has 1 fully saturated rings. The van der Waals surface area contributed by atoms with Crippen molar-refractivity contribution in [3.05, 3.63) is 24.3 Å². The van der Waals surface area contributed by atoms with E-state index in [1.165, 1.54) is 4.80 Å². The summed E-state index contributed by atoms with van der Waals surface area (Å²) in [5, 5.41) is 18.5. The number of hydrogen-bond acceptors (Lipinski definition) is 5. The highest BCUT2D eigenvalue weighted by atomic mass is 16.3. The van der Waals surface area contributed by atoms with E-state index in [1.807, 2.05) is 36.2 Å². The van der Waals surface area contributed by atoms with Gasteiger partial charge in [-0.1, -0.05) is 12.1 Å². The van der Waals surface area contributed by atoms with Crippen LogP contribution in [0.3, 0.4) is 0 Å². The second-order valence-electron chi connectivity index (χ2n) is 5.47. The Kier molecular flexibility index (Phi) is 3.85. The monoisotopic (exact) mass is 289 g/mol. The Bertz CT molecular complexity index is 608. The van der Waals surface area contributed by atoms with E-state index < -0.39 is 6.10 Å². The number of carbonyl (C=O) groups is 1. The highest BCUT2D eigenvalue weighted by molar-refractivity contribution is 5.77. The van der Waals surface area contributed by atoms with Crippen molar-refractivity contribution in [3.63, 3.8) is 0 Å². The van der Waals surface area contributed by atoms with Gasteiger partial charge in [0.2, 0.25) is 5.91 Å². The Labute approximate surface area is 122 Å². The Morgan fingerprint density at radius 3 is 2.57 bits per heavy atom. The van der Waals surface area contributed by atoms with Gasteiger partial charge in [-0.25, -0.2) is 0 Å². The number of likely N-dealkylation sites (N-methyl/N-ethyl adjacent to an activating group) is 1. The zero-order chi connectivity index (χ0) is 14.8. The number of hydrogen-bond donors (Lipinski definition) is 1. The summed E-state index contributed by atoms with van der Waals surface area (Å²) in [6.07, 6.45) is -0.508. The molecule has 1 atom stereocenters. The molecule has 1 unspecified atom stereocenters. The van der Waals surface area contributed by atoms with Gasteiger partial charge in [-0.05, 0) is 19.2 Å². The summed E-state index contributed by atoms with van der Waals surface area (Å²) < 4.78 is 0. The summed E-state index contributed by atoms with van der Waals surface area (Å²) in [5.74, 6) is -0.0651. The number of carbonyl (C=O) groups excluding carboxylic acids is 1. The standard InChI is InChI=1S/C14H19N5O2/c1-17-6-7-18(9-11(20)8-17)14(21)10-19-15-12-4-2-3-5-13(12)16-19/h2-5,11,20H,6-10H2,1H3. The first-order chi connectivity index (χ1) is 10.1. The third-order valence-corrected chi connectivity index (χ3v) is 3.66. The van der Waals surface area contributed by atoms with Crippen LogP contribution in [0, 0.1) is 0 Å². The maximum absolute atomic E-state index is 12.3. The first-order valence-electron chi connectivity index (χ1n) is 7.06. The second-order valence-corrected chi connectivity index (χ2v) is 5.47. The van der Waals surface area contributed by atoms with Gasteiger partial charge in [0.15, 0.2) is 0 Å². The minimum atomic E-state index is -0.508. The van der Waals surface area contributed by atoms with E-state index >= 15 is 0 Å². The number of rotatable bonds is 2. The van der Waals surface area contributed by atoms with Gasteiger partial charge in [-0.15, -0.1) is 0 Å². The van der Waals surface area contributed by atoms with Crippen LogP contribution in [0.2, 0.25) is 0 Å². The largest absolute Gasteiger partial charge is 0.390 e. The lowest BCUT2D eigenvalue weighted by Crippen LogP contribution is -2.39. The van der Waals surface area contributed by atoms with Crippen molar-refractivity contribution in [2.45, 2.75) is 12.6 Å². The highest BCUT2D eigenvalue weighted by Gasteiger charge is 2.23. The fraction of sp³-hybridized carbons (Fsp3) is 0.500. The second kappa shape index (κ2) is 5.79. The molecular formula is C14H19N5O2. The van der Waals surface area contributed by atoms with Crippen LogP contribution < -0.4 is 0 Å². The number of benzene rings is 1. The highest BCUT2D eigenvalue weighted by Crippen LogP contribution is 2.08. The average Bonchev–Trinajstić information content (AvgIpc) is 2.76. The summed E-state index contributed by atoms with van der Waals surface area (Å²) in [4.78, 5) is 17.5. The van der Waals surface area contributed by atoms with E-state index in [1.54, 1.807) is 4.90 Å². The number of aliphatic hydroxyl groups excluding tert-OH is 1. The normalized spacial score (nSPS) is 20.7. The number of aliphatic hydroxyl groups is 1. The molecule has 1 aromatic heterocycles. The Morgan fingerprint density at radius 2 is 1.90 bits per heavy atom. The lowest BCUT2D eigenvalue weighted by atomic mass is 10.3. The third-order valence-electron chi connectivity index (χ3n) is 3.66. The summed E-state index contributed by atoms with van der Waals surface area (Å²) in [5.41, 5.74) is 1.56. The zero-order valence-corrected chi connectivity index (χ0v) is 12.0. The smallest absolute Gasteiger partial charge is 0.246 e. The van der Waals surface area contributed by atoms with Crippen molar-refractivity contribution in [2.24, 2.45) is 0 Å². The molecule has 7 nitrogen and oxygen atoms in total. The van der Waals surface area contributed by atoms with Crippen LogP contribution in [0.15, 0.2) is 24.3 Å². The first kappa shape index (κ1) is 14.0. The molecular weight excluding hydrogens is 270 g/mol.